The van der Waals surface area contributed by atoms with Gasteiger partial charge in [0.2, 0.25) is 11.8 Å². The number of carbonyl (C=O) groups is 2. The minimum atomic E-state index is -0.333. The lowest BCUT2D eigenvalue weighted by molar-refractivity contribution is -0.132. The van der Waals surface area contributed by atoms with Crippen molar-refractivity contribution in [3.8, 4) is 5.75 Å². The molecule has 1 fully saturated rings. The number of likely N-dealkylation sites (tertiary alicyclic amines) is 1. The predicted molar refractivity (Wildman–Crippen MR) is 128 cm³/mol. The summed E-state index contributed by atoms with van der Waals surface area (Å²) in [6.07, 6.45) is 1.66. The Hall–Kier alpha value is -4.08. The largest absolute Gasteiger partial charge is 0.484 e. The van der Waals surface area contributed by atoms with E-state index >= 15 is 0 Å². The Bertz CT molecular complexity index is 1370. The molecule has 0 saturated carbocycles. The van der Waals surface area contributed by atoms with Crippen molar-refractivity contribution in [3.63, 3.8) is 0 Å². The Labute approximate surface area is 206 Å². The Balaban J connectivity index is 1.09. The van der Waals surface area contributed by atoms with Gasteiger partial charge in [0.15, 0.2) is 12.4 Å². The van der Waals surface area contributed by atoms with E-state index in [4.69, 9.17) is 9.26 Å². The molecule has 1 aliphatic rings. The number of benzene rings is 2. The second-order valence-electron chi connectivity index (χ2n) is 8.85. The second kappa shape index (κ2) is 10.3. The molecular weight excluding hydrogens is 465 g/mol. The van der Waals surface area contributed by atoms with E-state index in [-0.39, 0.29) is 43.0 Å². The van der Waals surface area contributed by atoms with E-state index in [0.29, 0.717) is 43.4 Å². The van der Waals surface area contributed by atoms with E-state index in [2.05, 4.69) is 15.2 Å². The third-order valence-corrected chi connectivity index (χ3v) is 6.43. The molecule has 5 rings (SSSR count). The molecule has 0 aliphatic carbocycles. The molecule has 1 saturated heterocycles. The molecule has 1 aliphatic heterocycles. The molecule has 36 heavy (non-hydrogen) atoms. The first kappa shape index (κ1) is 23.7. The van der Waals surface area contributed by atoms with Crippen LogP contribution in [-0.2, 0) is 11.4 Å². The number of carbonyl (C=O) groups excluding carboxylic acids is 2. The smallest absolute Gasteiger partial charge is 0.264 e. The quantitative estimate of drug-likeness (QED) is 0.380. The van der Waals surface area contributed by atoms with Gasteiger partial charge < -0.3 is 14.2 Å². The summed E-state index contributed by atoms with van der Waals surface area (Å²) < 4.78 is 25.2. The molecule has 10 heteroatoms. The van der Waals surface area contributed by atoms with Crippen LogP contribution in [0.15, 0.2) is 53.1 Å². The molecule has 1 amide bonds. The van der Waals surface area contributed by atoms with Gasteiger partial charge in [0.1, 0.15) is 11.6 Å². The number of hydrogen-bond donors (Lipinski definition) is 0. The van der Waals surface area contributed by atoms with E-state index in [0.717, 1.165) is 16.6 Å². The molecule has 2 aromatic carbocycles. The van der Waals surface area contributed by atoms with Gasteiger partial charge in [-0.25, -0.2) is 4.39 Å². The van der Waals surface area contributed by atoms with Gasteiger partial charge in [0.25, 0.3) is 5.89 Å². The predicted octanol–water partition coefficient (Wildman–Crippen LogP) is 4.27. The van der Waals surface area contributed by atoms with Crippen LogP contribution in [0.25, 0.3) is 10.9 Å². The van der Waals surface area contributed by atoms with Gasteiger partial charge in [-0.05, 0) is 50.1 Å². The minimum Gasteiger partial charge on any atom is -0.484 e. The zero-order chi connectivity index (χ0) is 25.1. The Kier molecular flexibility index (Phi) is 6.75. The number of rotatable bonds is 7. The number of amides is 1. The lowest BCUT2D eigenvalue weighted by atomic mass is 9.96. The van der Waals surface area contributed by atoms with Crippen LogP contribution in [0.5, 0.6) is 5.75 Å². The van der Waals surface area contributed by atoms with Crippen LogP contribution < -0.4 is 4.74 Å². The highest BCUT2D eigenvalue weighted by Crippen LogP contribution is 2.27. The maximum atomic E-state index is 13.0. The van der Waals surface area contributed by atoms with E-state index in [1.807, 2.05) is 31.2 Å². The fraction of sp³-hybridized carbons (Fsp3) is 0.346. The number of para-hydroxylation sites is 1. The van der Waals surface area contributed by atoms with Crippen LogP contribution in [0, 0.1) is 12.7 Å². The lowest BCUT2D eigenvalue weighted by Crippen LogP contribution is -2.38. The third-order valence-electron chi connectivity index (χ3n) is 6.43. The first-order chi connectivity index (χ1) is 17.5. The van der Waals surface area contributed by atoms with Crippen LogP contribution >= 0.6 is 0 Å². The highest BCUT2D eigenvalue weighted by Gasteiger charge is 2.27. The lowest BCUT2D eigenvalue weighted by Gasteiger charge is -2.30. The highest BCUT2D eigenvalue weighted by atomic mass is 19.1. The summed E-state index contributed by atoms with van der Waals surface area (Å²) in [6.45, 7) is 3.09. The molecule has 3 heterocycles. The van der Waals surface area contributed by atoms with Crippen molar-refractivity contribution in [3.05, 3.63) is 71.8 Å². The highest BCUT2D eigenvalue weighted by molar-refractivity contribution is 5.93. The zero-order valence-corrected chi connectivity index (χ0v) is 19.9. The molecule has 0 bridgehead atoms. The van der Waals surface area contributed by atoms with Gasteiger partial charge in [0.05, 0.1) is 11.2 Å². The van der Waals surface area contributed by atoms with Crippen molar-refractivity contribution < 1.29 is 23.2 Å². The molecule has 186 valence electrons. The zero-order valence-electron chi connectivity index (χ0n) is 19.9. The number of aromatic nitrogens is 4. The van der Waals surface area contributed by atoms with Crippen molar-refractivity contribution in [2.75, 3.05) is 13.1 Å². The van der Waals surface area contributed by atoms with Crippen LogP contribution in [0.1, 0.15) is 53.8 Å². The SMILES string of the molecule is Cc1nn(C(=O)CCC(=O)N2CCC(c3noc(COc4ccc(F)cc4)n3)CC2)c2ccccc12. The second-order valence-corrected chi connectivity index (χ2v) is 8.85. The summed E-state index contributed by atoms with van der Waals surface area (Å²) in [5.41, 5.74) is 1.55. The van der Waals surface area contributed by atoms with E-state index in [9.17, 15) is 14.0 Å². The Morgan fingerprint density at radius 3 is 2.56 bits per heavy atom. The third kappa shape index (κ3) is 5.12. The normalized spacial score (nSPS) is 14.3. The molecule has 2 aromatic heterocycles. The molecule has 0 radical (unpaired) electrons. The number of nitrogens with zero attached hydrogens (tertiary/aromatic N) is 5. The van der Waals surface area contributed by atoms with Gasteiger partial charge in [-0.2, -0.15) is 14.8 Å². The average Bonchev–Trinajstić information content (AvgIpc) is 3.52. The topological polar surface area (TPSA) is 103 Å². The molecule has 0 unspecified atom stereocenters. The standard InChI is InChI=1S/C26H26FN5O4/c1-17-21-4-2-3-5-22(21)32(29-17)25(34)11-10-24(33)31-14-12-18(13-15-31)26-28-23(36-30-26)16-35-20-8-6-19(27)7-9-20/h2-9,18H,10-16H2,1H3. The molecule has 0 spiro atoms. The summed E-state index contributed by atoms with van der Waals surface area (Å²) in [5.74, 6) is 0.958. The summed E-state index contributed by atoms with van der Waals surface area (Å²) in [4.78, 5) is 31.7. The number of piperidine rings is 1. The van der Waals surface area contributed by atoms with Gasteiger partial charge >= 0.3 is 0 Å². The summed E-state index contributed by atoms with van der Waals surface area (Å²) in [5, 5.41) is 9.36. The van der Waals surface area contributed by atoms with E-state index in [1.54, 1.807) is 4.90 Å². The fourth-order valence-electron chi connectivity index (χ4n) is 4.45. The Morgan fingerprint density at radius 1 is 1.06 bits per heavy atom. The van der Waals surface area contributed by atoms with Crippen molar-refractivity contribution in [1.82, 2.24) is 24.8 Å². The molecule has 4 aromatic rings. The fourth-order valence-corrected chi connectivity index (χ4v) is 4.45. The van der Waals surface area contributed by atoms with Crippen LogP contribution in [0.3, 0.4) is 0 Å². The minimum absolute atomic E-state index is 0.0449. The van der Waals surface area contributed by atoms with Gasteiger partial charge in [-0.15, -0.1) is 0 Å². The maximum absolute atomic E-state index is 13.0. The first-order valence-corrected chi connectivity index (χ1v) is 11.9. The number of hydrogen-bond acceptors (Lipinski definition) is 7. The first-order valence-electron chi connectivity index (χ1n) is 11.9. The van der Waals surface area contributed by atoms with Crippen molar-refractivity contribution in [1.29, 1.82) is 0 Å². The Morgan fingerprint density at radius 2 is 1.78 bits per heavy atom. The summed E-state index contributed by atoms with van der Waals surface area (Å²) in [6, 6.07) is 13.3. The molecule has 9 nitrogen and oxygen atoms in total. The average molecular weight is 492 g/mol. The van der Waals surface area contributed by atoms with E-state index < -0.39 is 0 Å². The summed E-state index contributed by atoms with van der Waals surface area (Å²) >= 11 is 0. The van der Waals surface area contributed by atoms with Crippen LogP contribution in [-0.4, -0.2) is 49.7 Å². The molecular formula is C26H26FN5O4. The number of halogens is 1. The number of ether oxygens (including phenoxy) is 1. The number of fused-ring (bicyclic) bond motifs is 1. The maximum Gasteiger partial charge on any atom is 0.264 e. The monoisotopic (exact) mass is 491 g/mol. The van der Waals surface area contributed by atoms with Gasteiger partial charge in [-0.3, -0.25) is 9.59 Å². The number of aryl methyl sites for hydroxylation is 1. The van der Waals surface area contributed by atoms with Crippen LogP contribution in [0.2, 0.25) is 0 Å². The summed E-state index contributed by atoms with van der Waals surface area (Å²) in [7, 11) is 0. The molecule has 0 atom stereocenters. The van der Waals surface area contributed by atoms with Gasteiger partial charge in [-0.1, -0.05) is 23.4 Å². The molecule has 0 N–H and O–H groups in total. The van der Waals surface area contributed by atoms with Crippen molar-refractivity contribution >= 4 is 22.7 Å². The van der Waals surface area contributed by atoms with Gasteiger partial charge in [0, 0.05) is 37.2 Å². The van der Waals surface area contributed by atoms with Crippen LogP contribution in [0.4, 0.5) is 4.39 Å². The van der Waals surface area contributed by atoms with Crippen molar-refractivity contribution in [2.45, 2.75) is 45.1 Å². The van der Waals surface area contributed by atoms with Crippen molar-refractivity contribution in [2.24, 2.45) is 0 Å². The van der Waals surface area contributed by atoms with E-state index in [1.165, 1.54) is 28.9 Å².